The first-order valence-corrected chi connectivity index (χ1v) is 12.6. The van der Waals surface area contributed by atoms with Gasteiger partial charge in [-0.2, -0.15) is 5.10 Å². The van der Waals surface area contributed by atoms with Crippen molar-refractivity contribution < 1.29 is 9.84 Å². The van der Waals surface area contributed by atoms with Crippen LogP contribution in [0.5, 0.6) is 0 Å². The summed E-state index contributed by atoms with van der Waals surface area (Å²) >= 11 is 0. The maximum atomic E-state index is 13.2. The molecule has 0 spiro atoms. The molecule has 0 amide bonds. The fraction of sp³-hybridized carbons (Fsp3) is 0.481. The van der Waals surface area contributed by atoms with Crippen molar-refractivity contribution in [1.29, 1.82) is 0 Å². The number of hydrogen-bond acceptors (Lipinski definition) is 7. The lowest BCUT2D eigenvalue weighted by Gasteiger charge is -2.38. The molecule has 5 heterocycles. The van der Waals surface area contributed by atoms with Gasteiger partial charge in [0.05, 0.1) is 48.6 Å². The number of aryl methyl sites for hydroxylation is 3. The second-order valence-electron chi connectivity index (χ2n) is 9.90. The molecule has 0 saturated carbocycles. The second-order valence-corrected chi connectivity index (χ2v) is 9.90. The molecule has 0 aromatic carbocycles. The van der Waals surface area contributed by atoms with Crippen molar-refractivity contribution in [3.8, 4) is 11.4 Å². The van der Waals surface area contributed by atoms with Gasteiger partial charge >= 0.3 is 0 Å². The van der Waals surface area contributed by atoms with Crippen molar-refractivity contribution in [3.05, 3.63) is 63.5 Å². The summed E-state index contributed by atoms with van der Waals surface area (Å²) in [4.78, 5) is 25.0. The Kier molecular flexibility index (Phi) is 6.87. The first-order chi connectivity index (χ1) is 17.3. The van der Waals surface area contributed by atoms with Crippen LogP contribution in [-0.4, -0.2) is 72.9 Å². The van der Waals surface area contributed by atoms with E-state index in [0.717, 1.165) is 48.4 Å². The monoisotopic (exact) mass is 490 g/mol. The van der Waals surface area contributed by atoms with Crippen LogP contribution in [0.25, 0.3) is 22.6 Å². The number of aliphatic hydroxyl groups excluding tert-OH is 1. The van der Waals surface area contributed by atoms with Crippen LogP contribution in [0.15, 0.2) is 35.4 Å². The van der Waals surface area contributed by atoms with Crippen LogP contribution in [0.4, 0.5) is 0 Å². The van der Waals surface area contributed by atoms with Crippen molar-refractivity contribution in [2.24, 2.45) is 0 Å². The first-order valence-electron chi connectivity index (χ1n) is 12.6. The number of rotatable bonds is 7. The summed E-state index contributed by atoms with van der Waals surface area (Å²) in [6.45, 7) is 11.1. The van der Waals surface area contributed by atoms with Gasteiger partial charge in [-0.05, 0) is 70.2 Å². The third-order valence-electron chi connectivity index (χ3n) is 7.23. The molecule has 190 valence electrons. The third-order valence-corrected chi connectivity index (χ3v) is 7.23. The average molecular weight is 491 g/mol. The predicted octanol–water partition coefficient (Wildman–Crippen LogP) is 2.91. The SMILES string of the molecule is Cc1cn2nc(-c3cc(=O)n4cc(C5CCN(CCOCCO)[C@H](C)C5)cc(C)c4n3)cc2c(C)n1. The van der Waals surface area contributed by atoms with Crippen molar-refractivity contribution in [2.75, 3.05) is 32.9 Å². The Morgan fingerprint density at radius 3 is 2.69 bits per heavy atom. The van der Waals surface area contributed by atoms with Gasteiger partial charge in [0.2, 0.25) is 0 Å². The Balaban J connectivity index is 1.41. The van der Waals surface area contributed by atoms with Crippen LogP contribution >= 0.6 is 0 Å². The molecule has 9 nitrogen and oxygen atoms in total. The summed E-state index contributed by atoms with van der Waals surface area (Å²) < 4.78 is 8.93. The van der Waals surface area contributed by atoms with Crippen molar-refractivity contribution >= 4 is 11.2 Å². The van der Waals surface area contributed by atoms with E-state index in [1.54, 1.807) is 15.0 Å². The molecule has 1 fully saturated rings. The molecule has 1 N–H and O–H groups in total. The lowest BCUT2D eigenvalue weighted by molar-refractivity contribution is 0.0538. The molecular weight excluding hydrogens is 456 g/mol. The van der Waals surface area contributed by atoms with Crippen molar-refractivity contribution in [1.82, 2.24) is 28.9 Å². The van der Waals surface area contributed by atoms with Gasteiger partial charge in [-0.15, -0.1) is 0 Å². The van der Waals surface area contributed by atoms with E-state index >= 15 is 0 Å². The molecule has 9 heteroatoms. The molecule has 0 aliphatic carbocycles. The maximum Gasteiger partial charge on any atom is 0.258 e. The topological polar surface area (TPSA) is 97.3 Å². The Hall–Kier alpha value is -3.14. The molecule has 1 aliphatic rings. The third kappa shape index (κ3) is 4.78. The fourth-order valence-corrected chi connectivity index (χ4v) is 5.37. The zero-order valence-electron chi connectivity index (χ0n) is 21.4. The first kappa shape index (κ1) is 24.5. The maximum absolute atomic E-state index is 13.2. The number of piperidine rings is 1. The van der Waals surface area contributed by atoms with E-state index in [2.05, 4.69) is 28.0 Å². The van der Waals surface area contributed by atoms with Gasteiger partial charge < -0.3 is 9.84 Å². The lowest BCUT2D eigenvalue weighted by Crippen LogP contribution is -2.42. The minimum Gasteiger partial charge on any atom is -0.394 e. The van der Waals surface area contributed by atoms with Gasteiger partial charge in [-0.1, -0.05) is 6.07 Å². The van der Waals surface area contributed by atoms with Gasteiger partial charge in [0.1, 0.15) is 11.3 Å². The lowest BCUT2D eigenvalue weighted by atomic mass is 9.86. The Morgan fingerprint density at radius 2 is 1.92 bits per heavy atom. The van der Waals surface area contributed by atoms with Crippen molar-refractivity contribution in [2.45, 2.75) is 52.5 Å². The van der Waals surface area contributed by atoms with Gasteiger partial charge in [0.25, 0.3) is 5.56 Å². The number of ether oxygens (including phenoxy) is 1. The number of fused-ring (bicyclic) bond motifs is 2. The summed E-state index contributed by atoms with van der Waals surface area (Å²) in [7, 11) is 0. The van der Waals surface area contributed by atoms with Crippen LogP contribution in [-0.2, 0) is 4.74 Å². The van der Waals surface area contributed by atoms with Crippen LogP contribution in [0.2, 0.25) is 0 Å². The summed E-state index contributed by atoms with van der Waals surface area (Å²) in [5, 5.41) is 13.5. The zero-order chi connectivity index (χ0) is 25.4. The van der Waals surface area contributed by atoms with Crippen LogP contribution in [0, 0.1) is 20.8 Å². The molecule has 1 saturated heterocycles. The van der Waals surface area contributed by atoms with Crippen LogP contribution in [0.3, 0.4) is 0 Å². The molecular formula is C27H34N6O3. The molecule has 0 bridgehead atoms. The van der Waals surface area contributed by atoms with E-state index in [9.17, 15) is 4.79 Å². The molecule has 1 aliphatic heterocycles. The summed E-state index contributed by atoms with van der Waals surface area (Å²) in [5.74, 6) is 0.390. The van der Waals surface area contributed by atoms with E-state index < -0.39 is 0 Å². The van der Waals surface area contributed by atoms with E-state index in [-0.39, 0.29) is 12.2 Å². The molecule has 0 radical (unpaired) electrons. The minimum atomic E-state index is -0.102. The standard InChI is InChI=1S/C27H34N6O3/c1-17-11-22(21-5-6-31(19(3)12-21)7-9-36-10-8-34)16-32-26(35)14-23(29-27(17)32)24-13-25-20(4)28-18(2)15-33(25)30-24/h11,13-16,19,21,34H,5-10,12H2,1-4H3/t19-,21?/m1/s1. The largest absolute Gasteiger partial charge is 0.394 e. The van der Waals surface area contributed by atoms with E-state index in [1.807, 2.05) is 39.2 Å². The molecule has 2 atom stereocenters. The number of aliphatic hydroxyl groups is 1. The quantitative estimate of drug-likeness (QED) is 0.398. The highest BCUT2D eigenvalue weighted by molar-refractivity contribution is 5.66. The molecule has 4 aromatic rings. The Morgan fingerprint density at radius 1 is 1.08 bits per heavy atom. The zero-order valence-corrected chi connectivity index (χ0v) is 21.4. The van der Waals surface area contributed by atoms with Crippen LogP contribution < -0.4 is 5.56 Å². The van der Waals surface area contributed by atoms with Gasteiger partial charge in [0.15, 0.2) is 0 Å². The average Bonchev–Trinajstić information content (AvgIpc) is 3.27. The Bertz CT molecular complexity index is 1460. The summed E-state index contributed by atoms with van der Waals surface area (Å²) in [6, 6.07) is 6.12. The Labute approximate surface area is 210 Å². The summed E-state index contributed by atoms with van der Waals surface area (Å²) in [5.41, 5.74) is 6.65. The van der Waals surface area contributed by atoms with Gasteiger partial charge in [-0.25, -0.2) is 9.50 Å². The molecule has 4 aromatic heterocycles. The van der Waals surface area contributed by atoms with Crippen molar-refractivity contribution in [3.63, 3.8) is 0 Å². The number of aromatic nitrogens is 5. The van der Waals surface area contributed by atoms with Gasteiger partial charge in [0, 0.05) is 24.8 Å². The highest BCUT2D eigenvalue weighted by atomic mass is 16.5. The highest BCUT2D eigenvalue weighted by Crippen LogP contribution is 2.32. The number of pyridine rings is 1. The number of likely N-dealkylation sites (tertiary alicyclic amines) is 1. The van der Waals surface area contributed by atoms with Gasteiger partial charge in [-0.3, -0.25) is 19.1 Å². The summed E-state index contributed by atoms with van der Waals surface area (Å²) in [6.07, 6.45) is 5.91. The highest BCUT2D eigenvalue weighted by Gasteiger charge is 2.27. The smallest absolute Gasteiger partial charge is 0.258 e. The number of nitrogens with zero attached hydrogens (tertiary/aromatic N) is 6. The van der Waals surface area contributed by atoms with E-state index in [4.69, 9.17) is 14.8 Å². The van der Waals surface area contributed by atoms with E-state index in [0.29, 0.717) is 42.2 Å². The number of hydrogen-bond donors (Lipinski definition) is 1. The normalized spacial score (nSPS) is 18.9. The minimum absolute atomic E-state index is 0.0600. The predicted molar refractivity (Wildman–Crippen MR) is 139 cm³/mol. The van der Waals surface area contributed by atoms with E-state index in [1.165, 1.54) is 5.56 Å². The fourth-order valence-electron chi connectivity index (χ4n) is 5.37. The second kappa shape index (κ2) is 10.1. The van der Waals surface area contributed by atoms with Crippen LogP contribution in [0.1, 0.15) is 48.2 Å². The molecule has 1 unspecified atom stereocenters. The molecule has 36 heavy (non-hydrogen) atoms. The molecule has 5 rings (SSSR count).